The highest BCUT2D eigenvalue weighted by molar-refractivity contribution is 5.71. The van der Waals surface area contributed by atoms with E-state index in [0.717, 1.165) is 0 Å². The number of nitrogens with one attached hydrogen (secondary N) is 1. The first-order chi connectivity index (χ1) is 10.4. The number of ether oxygens (including phenoxy) is 3. The molecule has 0 spiro atoms. The molecular weight excluding hydrogens is 292 g/mol. The molecule has 8 heteroatoms. The number of carbonyl (C=O) groups excluding carboxylic acids is 1. The van der Waals surface area contributed by atoms with E-state index in [4.69, 9.17) is 14.2 Å². The van der Waals surface area contributed by atoms with Crippen molar-refractivity contribution in [2.45, 2.75) is 19.9 Å². The lowest BCUT2D eigenvalue weighted by Crippen LogP contribution is -2.16. The minimum Gasteiger partial charge on any atom is -0.493 e. The molecule has 0 fully saturated rings. The van der Waals surface area contributed by atoms with E-state index in [1.165, 1.54) is 19.2 Å². The molecule has 0 aliphatic carbocycles. The second-order valence-corrected chi connectivity index (χ2v) is 4.42. The molecule has 8 nitrogen and oxygen atoms in total. The van der Waals surface area contributed by atoms with Gasteiger partial charge in [-0.05, 0) is 27.0 Å². The molecule has 1 rings (SSSR count). The number of hydrogen-bond donors (Lipinski definition) is 1. The van der Waals surface area contributed by atoms with E-state index in [-0.39, 0.29) is 30.7 Å². The number of rotatable bonds is 8. The van der Waals surface area contributed by atoms with Crippen LogP contribution in [0.1, 0.15) is 25.5 Å². The first kappa shape index (κ1) is 17.7. The van der Waals surface area contributed by atoms with Crippen molar-refractivity contribution in [2.75, 3.05) is 27.4 Å². The van der Waals surface area contributed by atoms with Gasteiger partial charge in [-0.2, -0.15) is 0 Å². The predicted molar refractivity (Wildman–Crippen MR) is 79.3 cm³/mol. The monoisotopic (exact) mass is 312 g/mol. The minimum absolute atomic E-state index is 0.110. The van der Waals surface area contributed by atoms with Crippen LogP contribution in [0.2, 0.25) is 0 Å². The second-order valence-electron chi connectivity index (χ2n) is 4.42. The Morgan fingerprint density at radius 2 is 2.09 bits per heavy atom. The number of carbonyl (C=O) groups is 1. The molecule has 22 heavy (non-hydrogen) atoms. The predicted octanol–water partition coefficient (Wildman–Crippen LogP) is 1.83. The highest BCUT2D eigenvalue weighted by atomic mass is 16.6. The molecule has 0 amide bonds. The van der Waals surface area contributed by atoms with Crippen molar-refractivity contribution in [2.24, 2.45) is 0 Å². The standard InChI is InChI=1S/C14H20N2O6/c1-5-21-14(17)8-22-13-7-11(16(18)19)10(9(2)15-3)6-12(13)20-4/h6-7,9,15H,5,8H2,1-4H3. The SMILES string of the molecule is CCOC(=O)COc1cc([N+](=O)[O-])c(C(C)NC)cc1OC. The fourth-order valence-electron chi connectivity index (χ4n) is 1.84. The summed E-state index contributed by atoms with van der Waals surface area (Å²) in [5, 5.41) is 14.2. The van der Waals surface area contributed by atoms with Crippen LogP contribution in [0.15, 0.2) is 12.1 Å². The average Bonchev–Trinajstić information content (AvgIpc) is 2.51. The molecule has 0 heterocycles. The van der Waals surface area contributed by atoms with E-state index in [9.17, 15) is 14.9 Å². The third-order valence-electron chi connectivity index (χ3n) is 3.06. The van der Waals surface area contributed by atoms with Gasteiger partial charge in [-0.3, -0.25) is 10.1 Å². The second kappa shape index (κ2) is 8.18. The lowest BCUT2D eigenvalue weighted by Gasteiger charge is -2.15. The Bertz CT molecular complexity index is 546. The van der Waals surface area contributed by atoms with E-state index < -0.39 is 10.9 Å². The molecule has 0 aromatic heterocycles. The van der Waals surface area contributed by atoms with Crippen molar-refractivity contribution < 1.29 is 23.9 Å². The molecule has 0 bridgehead atoms. The van der Waals surface area contributed by atoms with Crippen LogP contribution in [0.3, 0.4) is 0 Å². The van der Waals surface area contributed by atoms with Crippen LogP contribution in [-0.2, 0) is 9.53 Å². The summed E-state index contributed by atoms with van der Waals surface area (Å²) in [5.41, 5.74) is 0.356. The third-order valence-corrected chi connectivity index (χ3v) is 3.06. The quantitative estimate of drug-likeness (QED) is 0.444. The van der Waals surface area contributed by atoms with Gasteiger partial charge in [0.1, 0.15) is 0 Å². The van der Waals surface area contributed by atoms with Crippen molar-refractivity contribution in [3.63, 3.8) is 0 Å². The van der Waals surface area contributed by atoms with E-state index in [1.807, 2.05) is 0 Å². The topological polar surface area (TPSA) is 99.9 Å². The van der Waals surface area contributed by atoms with Gasteiger partial charge in [-0.15, -0.1) is 0 Å². The van der Waals surface area contributed by atoms with Gasteiger partial charge in [0, 0.05) is 6.04 Å². The van der Waals surface area contributed by atoms with Crippen LogP contribution in [0, 0.1) is 10.1 Å². The van der Waals surface area contributed by atoms with Gasteiger partial charge in [0.2, 0.25) is 0 Å². The minimum atomic E-state index is -0.556. The first-order valence-electron chi connectivity index (χ1n) is 6.76. The molecule has 1 atom stereocenters. The van der Waals surface area contributed by atoms with Crippen LogP contribution in [0.4, 0.5) is 5.69 Å². The summed E-state index contributed by atoms with van der Waals surface area (Å²) in [6.45, 7) is 3.36. The molecule has 0 saturated heterocycles. The number of esters is 1. The maximum atomic E-state index is 11.3. The number of methoxy groups -OCH3 is 1. The van der Waals surface area contributed by atoms with Crippen LogP contribution in [0.25, 0.3) is 0 Å². The van der Waals surface area contributed by atoms with Gasteiger partial charge < -0.3 is 19.5 Å². The molecule has 1 aromatic rings. The summed E-state index contributed by atoms with van der Waals surface area (Å²) in [6, 6.07) is 2.54. The van der Waals surface area contributed by atoms with Crippen molar-refractivity contribution >= 4 is 11.7 Å². The summed E-state index contributed by atoms with van der Waals surface area (Å²) in [5.74, 6) is -0.124. The lowest BCUT2D eigenvalue weighted by molar-refractivity contribution is -0.385. The summed E-state index contributed by atoms with van der Waals surface area (Å²) in [6.07, 6.45) is 0. The highest BCUT2D eigenvalue weighted by Gasteiger charge is 2.23. The number of nitro benzene ring substituents is 1. The summed E-state index contributed by atoms with van der Waals surface area (Å²) in [7, 11) is 3.12. The van der Waals surface area contributed by atoms with Crippen molar-refractivity contribution in [3.05, 3.63) is 27.8 Å². The number of benzene rings is 1. The molecule has 0 aliphatic heterocycles. The van der Waals surface area contributed by atoms with E-state index in [0.29, 0.717) is 11.3 Å². The molecule has 1 N–H and O–H groups in total. The van der Waals surface area contributed by atoms with E-state index >= 15 is 0 Å². The Kier molecular flexibility index (Phi) is 6.58. The fraction of sp³-hybridized carbons (Fsp3) is 0.500. The maximum absolute atomic E-state index is 11.3. The van der Waals surface area contributed by atoms with Crippen molar-refractivity contribution in [1.82, 2.24) is 5.32 Å². The fourth-order valence-corrected chi connectivity index (χ4v) is 1.84. The van der Waals surface area contributed by atoms with Gasteiger partial charge in [0.05, 0.1) is 30.3 Å². The van der Waals surface area contributed by atoms with Gasteiger partial charge in [0.25, 0.3) is 5.69 Å². The lowest BCUT2D eigenvalue weighted by atomic mass is 10.1. The Morgan fingerprint density at radius 1 is 1.41 bits per heavy atom. The van der Waals surface area contributed by atoms with Crippen LogP contribution < -0.4 is 14.8 Å². The zero-order chi connectivity index (χ0) is 16.7. The largest absolute Gasteiger partial charge is 0.493 e. The van der Waals surface area contributed by atoms with Gasteiger partial charge in [-0.1, -0.05) is 0 Å². The Balaban J connectivity index is 3.14. The van der Waals surface area contributed by atoms with E-state index in [2.05, 4.69) is 5.32 Å². The van der Waals surface area contributed by atoms with Crippen molar-refractivity contribution in [3.8, 4) is 11.5 Å². The molecular formula is C14H20N2O6. The number of nitro groups is 1. The third kappa shape index (κ3) is 4.32. The smallest absolute Gasteiger partial charge is 0.344 e. The summed E-state index contributed by atoms with van der Waals surface area (Å²) >= 11 is 0. The average molecular weight is 312 g/mol. The zero-order valence-corrected chi connectivity index (χ0v) is 13.0. The number of nitrogens with zero attached hydrogens (tertiary/aromatic N) is 1. The van der Waals surface area contributed by atoms with Gasteiger partial charge in [0.15, 0.2) is 18.1 Å². The van der Waals surface area contributed by atoms with Crippen molar-refractivity contribution in [1.29, 1.82) is 0 Å². The normalized spacial score (nSPS) is 11.6. The molecule has 0 saturated carbocycles. The molecule has 122 valence electrons. The molecule has 0 radical (unpaired) electrons. The Labute approximate surface area is 128 Å². The molecule has 0 aliphatic rings. The van der Waals surface area contributed by atoms with Gasteiger partial charge in [-0.25, -0.2) is 4.79 Å². The van der Waals surface area contributed by atoms with Crippen LogP contribution >= 0.6 is 0 Å². The van der Waals surface area contributed by atoms with Gasteiger partial charge >= 0.3 is 5.97 Å². The number of hydrogen-bond acceptors (Lipinski definition) is 7. The molecule has 1 aromatic carbocycles. The first-order valence-corrected chi connectivity index (χ1v) is 6.76. The molecule has 1 unspecified atom stereocenters. The van der Waals surface area contributed by atoms with Crippen LogP contribution in [-0.4, -0.2) is 38.3 Å². The Hall–Kier alpha value is -2.35. The summed E-state index contributed by atoms with van der Waals surface area (Å²) < 4.78 is 15.2. The maximum Gasteiger partial charge on any atom is 0.344 e. The van der Waals surface area contributed by atoms with Crippen LogP contribution in [0.5, 0.6) is 11.5 Å². The highest BCUT2D eigenvalue weighted by Crippen LogP contribution is 2.37. The Morgan fingerprint density at radius 3 is 2.59 bits per heavy atom. The van der Waals surface area contributed by atoms with E-state index in [1.54, 1.807) is 20.9 Å². The summed E-state index contributed by atoms with van der Waals surface area (Å²) in [4.78, 5) is 22.0. The zero-order valence-electron chi connectivity index (χ0n) is 13.0.